The first-order chi connectivity index (χ1) is 15.3. The molecule has 1 unspecified atom stereocenters. The van der Waals surface area contributed by atoms with Crippen LogP contribution < -0.4 is 10.9 Å². The van der Waals surface area contributed by atoms with Crippen LogP contribution in [0.15, 0.2) is 65.5 Å². The second-order valence-corrected chi connectivity index (χ2v) is 7.87. The van der Waals surface area contributed by atoms with Crippen molar-refractivity contribution >= 4 is 28.4 Å². The molecule has 162 valence electrons. The summed E-state index contributed by atoms with van der Waals surface area (Å²) in [5.74, 6) is -0.388. The standard InChI is InChI=1S/C25H24N4O3/c1-15-14-22(31)28(17(3)24(32)26-20-12-10-19(11-13-20)18(4)30)25-23(15)16(2)27-29(25)21-8-6-5-7-9-21/h5-14,17H,1-4H3,(H,26,32). The summed E-state index contributed by atoms with van der Waals surface area (Å²) in [7, 11) is 0. The first-order valence-corrected chi connectivity index (χ1v) is 10.4. The molecule has 2 heterocycles. The molecule has 4 rings (SSSR count). The fraction of sp³-hybridized carbons (Fsp3) is 0.200. The largest absolute Gasteiger partial charge is 0.324 e. The van der Waals surface area contributed by atoms with Crippen molar-refractivity contribution in [2.45, 2.75) is 33.7 Å². The number of ketones is 1. The lowest BCUT2D eigenvalue weighted by Gasteiger charge is -2.18. The number of hydrogen-bond acceptors (Lipinski definition) is 4. The molecule has 0 aliphatic heterocycles. The molecule has 4 aromatic rings. The molecule has 1 amide bonds. The number of aromatic nitrogens is 3. The van der Waals surface area contributed by atoms with E-state index in [9.17, 15) is 14.4 Å². The zero-order valence-corrected chi connectivity index (χ0v) is 18.4. The molecule has 2 aromatic heterocycles. The Balaban J connectivity index is 1.80. The van der Waals surface area contributed by atoms with Crippen molar-refractivity contribution in [1.29, 1.82) is 0 Å². The summed E-state index contributed by atoms with van der Waals surface area (Å²) >= 11 is 0. The average Bonchev–Trinajstić information content (AvgIpc) is 3.12. The minimum Gasteiger partial charge on any atom is -0.324 e. The van der Waals surface area contributed by atoms with E-state index in [4.69, 9.17) is 0 Å². The Bertz CT molecular complexity index is 1380. The van der Waals surface area contributed by atoms with Gasteiger partial charge in [-0.15, -0.1) is 0 Å². The number of carbonyl (C=O) groups excluding carboxylic acids is 2. The zero-order valence-electron chi connectivity index (χ0n) is 18.4. The third-order valence-corrected chi connectivity index (χ3v) is 5.56. The Morgan fingerprint density at radius 2 is 1.66 bits per heavy atom. The predicted octanol–water partition coefficient (Wildman–Crippen LogP) is 4.21. The number of aryl methyl sites for hydroxylation is 2. The molecule has 1 atom stereocenters. The number of pyridine rings is 1. The first kappa shape index (κ1) is 21.2. The van der Waals surface area contributed by atoms with E-state index < -0.39 is 6.04 Å². The second-order valence-electron chi connectivity index (χ2n) is 7.87. The summed E-state index contributed by atoms with van der Waals surface area (Å²) in [6.07, 6.45) is 0. The van der Waals surface area contributed by atoms with Gasteiger partial charge in [0.25, 0.3) is 5.56 Å². The Kier molecular flexibility index (Phi) is 5.48. The van der Waals surface area contributed by atoms with E-state index >= 15 is 0 Å². The molecular weight excluding hydrogens is 404 g/mol. The highest BCUT2D eigenvalue weighted by molar-refractivity contribution is 5.97. The lowest BCUT2D eigenvalue weighted by Crippen LogP contribution is -2.32. The summed E-state index contributed by atoms with van der Waals surface area (Å²) in [6, 6.07) is 16.9. The number of para-hydroxylation sites is 1. The number of nitrogens with one attached hydrogen (secondary N) is 1. The molecule has 0 spiro atoms. The van der Waals surface area contributed by atoms with Crippen LogP contribution in [-0.4, -0.2) is 26.0 Å². The Labute approximate surface area is 185 Å². The summed E-state index contributed by atoms with van der Waals surface area (Å²) < 4.78 is 3.19. The maximum atomic E-state index is 13.1. The fourth-order valence-electron chi connectivity index (χ4n) is 3.91. The van der Waals surface area contributed by atoms with Crippen molar-refractivity contribution in [2.75, 3.05) is 5.32 Å². The van der Waals surface area contributed by atoms with E-state index in [1.165, 1.54) is 17.6 Å². The van der Waals surface area contributed by atoms with Crippen LogP contribution in [0.1, 0.15) is 41.5 Å². The monoisotopic (exact) mass is 428 g/mol. The molecule has 0 saturated carbocycles. The van der Waals surface area contributed by atoms with Crippen LogP contribution in [-0.2, 0) is 4.79 Å². The second kappa shape index (κ2) is 8.26. The quantitative estimate of drug-likeness (QED) is 0.483. The van der Waals surface area contributed by atoms with Crippen molar-refractivity contribution in [2.24, 2.45) is 0 Å². The highest BCUT2D eigenvalue weighted by Crippen LogP contribution is 2.26. The van der Waals surface area contributed by atoms with Crippen LogP contribution in [0.4, 0.5) is 5.69 Å². The molecule has 0 fully saturated rings. The van der Waals surface area contributed by atoms with E-state index in [2.05, 4.69) is 10.4 Å². The molecule has 7 nitrogen and oxygen atoms in total. The van der Waals surface area contributed by atoms with Crippen LogP contribution in [0.2, 0.25) is 0 Å². The lowest BCUT2D eigenvalue weighted by atomic mass is 10.1. The number of nitrogens with zero attached hydrogens (tertiary/aromatic N) is 3. The van der Waals surface area contributed by atoms with E-state index in [0.29, 0.717) is 16.9 Å². The number of hydrogen-bond donors (Lipinski definition) is 1. The van der Waals surface area contributed by atoms with Crippen LogP contribution >= 0.6 is 0 Å². The van der Waals surface area contributed by atoms with E-state index in [1.807, 2.05) is 44.2 Å². The van der Waals surface area contributed by atoms with Crippen LogP contribution in [0.3, 0.4) is 0 Å². The van der Waals surface area contributed by atoms with Gasteiger partial charge in [0.2, 0.25) is 5.91 Å². The summed E-state index contributed by atoms with van der Waals surface area (Å²) in [5, 5.41) is 8.35. The zero-order chi connectivity index (χ0) is 23.0. The lowest BCUT2D eigenvalue weighted by molar-refractivity contribution is -0.118. The molecule has 1 N–H and O–H groups in total. The number of amides is 1. The number of fused-ring (bicyclic) bond motifs is 1. The van der Waals surface area contributed by atoms with Gasteiger partial charge in [0.1, 0.15) is 11.7 Å². The smallest absolute Gasteiger partial charge is 0.253 e. The van der Waals surface area contributed by atoms with Gasteiger partial charge in [-0.2, -0.15) is 5.10 Å². The topological polar surface area (TPSA) is 86.0 Å². The third kappa shape index (κ3) is 3.73. The molecule has 0 radical (unpaired) electrons. The van der Waals surface area contributed by atoms with Gasteiger partial charge < -0.3 is 5.32 Å². The maximum Gasteiger partial charge on any atom is 0.253 e. The van der Waals surface area contributed by atoms with E-state index in [1.54, 1.807) is 35.9 Å². The SMILES string of the molecule is CC(=O)c1ccc(NC(=O)C(C)n2c(=O)cc(C)c3c(C)nn(-c4ccccc4)c32)cc1. The predicted molar refractivity (Wildman–Crippen MR) is 125 cm³/mol. The van der Waals surface area contributed by atoms with Gasteiger partial charge in [0.05, 0.1) is 11.4 Å². The van der Waals surface area contributed by atoms with Gasteiger partial charge in [-0.05, 0) is 69.7 Å². The number of carbonyl (C=O) groups is 2. The fourth-order valence-corrected chi connectivity index (χ4v) is 3.91. The van der Waals surface area contributed by atoms with E-state index in [-0.39, 0.29) is 17.2 Å². The molecule has 0 aliphatic rings. The van der Waals surface area contributed by atoms with Crippen molar-refractivity contribution in [1.82, 2.24) is 14.3 Å². The van der Waals surface area contributed by atoms with Gasteiger partial charge in [-0.3, -0.25) is 19.0 Å². The normalized spacial score (nSPS) is 12.0. The molecular formula is C25H24N4O3. The molecule has 0 aliphatic carbocycles. The van der Waals surface area contributed by atoms with Crippen LogP contribution in [0.5, 0.6) is 0 Å². The Morgan fingerprint density at radius 1 is 1.00 bits per heavy atom. The van der Waals surface area contributed by atoms with Crippen LogP contribution in [0.25, 0.3) is 16.7 Å². The molecule has 32 heavy (non-hydrogen) atoms. The first-order valence-electron chi connectivity index (χ1n) is 10.4. The van der Waals surface area contributed by atoms with Gasteiger partial charge >= 0.3 is 0 Å². The van der Waals surface area contributed by atoms with Crippen molar-refractivity contribution in [3.8, 4) is 5.69 Å². The third-order valence-electron chi connectivity index (χ3n) is 5.56. The molecule has 0 saturated heterocycles. The maximum absolute atomic E-state index is 13.1. The average molecular weight is 428 g/mol. The Morgan fingerprint density at radius 3 is 2.28 bits per heavy atom. The van der Waals surface area contributed by atoms with E-state index in [0.717, 1.165) is 22.3 Å². The number of rotatable bonds is 5. The molecule has 0 bridgehead atoms. The number of benzene rings is 2. The summed E-state index contributed by atoms with van der Waals surface area (Å²) in [6.45, 7) is 6.94. The minimum atomic E-state index is -0.795. The molecule has 7 heteroatoms. The molecule has 2 aromatic carbocycles. The summed E-state index contributed by atoms with van der Waals surface area (Å²) in [4.78, 5) is 37.6. The number of anilines is 1. The van der Waals surface area contributed by atoms with Gasteiger partial charge in [0.15, 0.2) is 5.78 Å². The highest BCUT2D eigenvalue weighted by Gasteiger charge is 2.24. The Hall–Kier alpha value is -4.00. The van der Waals surface area contributed by atoms with Gasteiger partial charge in [-0.25, -0.2) is 4.68 Å². The van der Waals surface area contributed by atoms with Gasteiger partial charge in [0, 0.05) is 22.7 Å². The number of Topliss-reactive ketones (excluding diaryl/α,β-unsaturated/α-hetero) is 1. The van der Waals surface area contributed by atoms with Crippen molar-refractivity contribution in [3.63, 3.8) is 0 Å². The van der Waals surface area contributed by atoms with Crippen LogP contribution in [0, 0.1) is 13.8 Å². The van der Waals surface area contributed by atoms with Crippen molar-refractivity contribution < 1.29 is 9.59 Å². The highest BCUT2D eigenvalue weighted by atomic mass is 16.2. The summed E-state index contributed by atoms with van der Waals surface area (Å²) in [5.41, 5.74) is 3.81. The minimum absolute atomic E-state index is 0.0469. The van der Waals surface area contributed by atoms with Gasteiger partial charge in [-0.1, -0.05) is 18.2 Å². The van der Waals surface area contributed by atoms with Crippen molar-refractivity contribution in [3.05, 3.63) is 87.8 Å².